The molecule has 8 nitrogen and oxygen atoms in total. The number of methoxy groups -OCH3 is 2. The zero-order valence-corrected chi connectivity index (χ0v) is 16.2. The Morgan fingerprint density at radius 2 is 1.93 bits per heavy atom. The van der Waals surface area contributed by atoms with Crippen molar-refractivity contribution in [3.8, 4) is 40.1 Å². The Kier molecular flexibility index (Phi) is 4.67. The quantitative estimate of drug-likeness (QED) is 0.554. The Morgan fingerprint density at radius 1 is 1.14 bits per heavy atom. The Hall–Kier alpha value is -3.81. The van der Waals surface area contributed by atoms with Crippen molar-refractivity contribution in [3.63, 3.8) is 0 Å². The molecule has 148 valence electrons. The second kappa shape index (κ2) is 7.31. The lowest BCUT2D eigenvalue weighted by Gasteiger charge is -2.11. The molecular formula is C21H19N3O5. The van der Waals surface area contributed by atoms with Gasteiger partial charge in [0, 0.05) is 18.0 Å². The monoisotopic (exact) mass is 393 g/mol. The maximum absolute atomic E-state index is 13.0. The van der Waals surface area contributed by atoms with Crippen LogP contribution in [0.15, 0.2) is 51.8 Å². The molecule has 0 atom stereocenters. The summed E-state index contributed by atoms with van der Waals surface area (Å²) in [6.07, 6.45) is 0. The first-order chi connectivity index (χ1) is 14.1. The Balaban J connectivity index is 1.90. The first kappa shape index (κ1) is 18.5. The highest BCUT2D eigenvalue weighted by Gasteiger charge is 2.23. The number of ether oxygens (including phenoxy) is 2. The molecule has 0 saturated heterocycles. The standard InChI is InChI=1S/C21H19N3O5/c1-4-24-15-8-6-5-7-13(15)18(25)17(21(24)26)20-22-19(23-29-20)14-10-9-12(27-2)11-16(14)28-3/h5-11,25H,4H2,1-3H3. The van der Waals surface area contributed by atoms with Crippen LogP contribution in [0.2, 0.25) is 0 Å². The van der Waals surface area contributed by atoms with Crippen LogP contribution >= 0.6 is 0 Å². The van der Waals surface area contributed by atoms with Gasteiger partial charge in [-0.25, -0.2) is 0 Å². The second-order valence-corrected chi connectivity index (χ2v) is 6.28. The number of hydrogen-bond donors (Lipinski definition) is 1. The van der Waals surface area contributed by atoms with Gasteiger partial charge >= 0.3 is 0 Å². The van der Waals surface area contributed by atoms with Crippen molar-refractivity contribution in [3.05, 3.63) is 52.8 Å². The molecule has 0 unspecified atom stereocenters. The number of fused-ring (bicyclic) bond motifs is 1. The number of aryl methyl sites for hydroxylation is 1. The van der Waals surface area contributed by atoms with Crippen molar-refractivity contribution >= 4 is 10.9 Å². The van der Waals surface area contributed by atoms with Crippen LogP contribution in [0.3, 0.4) is 0 Å². The molecule has 0 saturated carbocycles. The summed E-state index contributed by atoms with van der Waals surface area (Å²) < 4.78 is 17.5. The molecule has 2 aromatic carbocycles. The summed E-state index contributed by atoms with van der Waals surface area (Å²) in [6, 6.07) is 12.3. The van der Waals surface area contributed by atoms with Gasteiger partial charge in [0.2, 0.25) is 5.82 Å². The molecule has 4 aromatic rings. The van der Waals surface area contributed by atoms with Gasteiger partial charge in [0.15, 0.2) is 0 Å². The fourth-order valence-electron chi connectivity index (χ4n) is 3.31. The van der Waals surface area contributed by atoms with Crippen molar-refractivity contribution in [2.24, 2.45) is 0 Å². The highest BCUT2D eigenvalue weighted by molar-refractivity contribution is 5.91. The van der Waals surface area contributed by atoms with Crippen LogP contribution in [0.5, 0.6) is 17.2 Å². The number of aromatic nitrogens is 3. The molecule has 4 rings (SSSR count). The number of hydrogen-bond acceptors (Lipinski definition) is 7. The minimum absolute atomic E-state index is 0.0308. The third-order valence-corrected chi connectivity index (χ3v) is 4.75. The van der Waals surface area contributed by atoms with E-state index in [1.807, 2.05) is 13.0 Å². The minimum Gasteiger partial charge on any atom is -0.506 e. The van der Waals surface area contributed by atoms with E-state index in [4.69, 9.17) is 14.0 Å². The van der Waals surface area contributed by atoms with Crippen LogP contribution in [0.1, 0.15) is 6.92 Å². The summed E-state index contributed by atoms with van der Waals surface area (Å²) in [5, 5.41) is 15.3. The third-order valence-electron chi connectivity index (χ3n) is 4.75. The highest BCUT2D eigenvalue weighted by Crippen LogP contribution is 2.35. The first-order valence-corrected chi connectivity index (χ1v) is 9.00. The van der Waals surface area contributed by atoms with E-state index < -0.39 is 5.56 Å². The van der Waals surface area contributed by atoms with Crippen LogP contribution in [0.25, 0.3) is 33.7 Å². The molecule has 2 aromatic heterocycles. The maximum atomic E-state index is 13.0. The van der Waals surface area contributed by atoms with Crippen molar-refractivity contribution in [2.45, 2.75) is 13.5 Å². The van der Waals surface area contributed by atoms with Crippen LogP contribution in [-0.2, 0) is 6.54 Å². The van der Waals surface area contributed by atoms with E-state index in [9.17, 15) is 9.90 Å². The Bertz CT molecular complexity index is 1260. The van der Waals surface area contributed by atoms with Crippen molar-refractivity contribution in [1.82, 2.24) is 14.7 Å². The largest absolute Gasteiger partial charge is 0.506 e. The average molecular weight is 393 g/mol. The van der Waals surface area contributed by atoms with Crippen LogP contribution in [-0.4, -0.2) is 34.0 Å². The molecular weight excluding hydrogens is 374 g/mol. The fraction of sp³-hybridized carbons (Fsp3) is 0.190. The van der Waals surface area contributed by atoms with E-state index >= 15 is 0 Å². The van der Waals surface area contributed by atoms with Gasteiger partial charge in [-0.1, -0.05) is 17.3 Å². The molecule has 0 aliphatic rings. The van der Waals surface area contributed by atoms with Gasteiger partial charge in [0.05, 0.1) is 25.3 Å². The molecule has 2 heterocycles. The van der Waals surface area contributed by atoms with Gasteiger partial charge in [0.1, 0.15) is 22.8 Å². The molecule has 0 aliphatic carbocycles. The summed E-state index contributed by atoms with van der Waals surface area (Å²) in [6.45, 7) is 2.29. The van der Waals surface area contributed by atoms with Crippen LogP contribution in [0, 0.1) is 0 Å². The lowest BCUT2D eigenvalue weighted by molar-refractivity contribution is 0.394. The average Bonchev–Trinajstić information content (AvgIpc) is 3.23. The predicted octanol–water partition coefficient (Wildman–Crippen LogP) is 3.46. The number of rotatable bonds is 5. The molecule has 0 spiro atoms. The maximum Gasteiger partial charge on any atom is 0.267 e. The first-order valence-electron chi connectivity index (χ1n) is 9.00. The number of benzene rings is 2. The van der Waals surface area contributed by atoms with E-state index in [0.29, 0.717) is 34.5 Å². The molecule has 29 heavy (non-hydrogen) atoms. The van der Waals surface area contributed by atoms with E-state index in [1.165, 1.54) is 7.11 Å². The second-order valence-electron chi connectivity index (χ2n) is 6.28. The van der Waals surface area contributed by atoms with Gasteiger partial charge < -0.3 is 23.7 Å². The molecule has 0 radical (unpaired) electrons. The van der Waals surface area contributed by atoms with E-state index in [1.54, 1.807) is 48.1 Å². The topological polar surface area (TPSA) is 99.6 Å². The molecule has 0 amide bonds. The van der Waals surface area contributed by atoms with Gasteiger partial charge in [-0.05, 0) is 31.2 Å². The summed E-state index contributed by atoms with van der Waals surface area (Å²) in [4.78, 5) is 17.4. The van der Waals surface area contributed by atoms with Crippen molar-refractivity contribution in [1.29, 1.82) is 0 Å². The molecule has 0 fully saturated rings. The van der Waals surface area contributed by atoms with Crippen molar-refractivity contribution < 1.29 is 19.1 Å². The molecule has 1 N–H and O–H groups in total. The highest BCUT2D eigenvalue weighted by atomic mass is 16.5. The fourth-order valence-corrected chi connectivity index (χ4v) is 3.31. The lowest BCUT2D eigenvalue weighted by Crippen LogP contribution is -2.21. The SMILES string of the molecule is CCn1c(=O)c(-c2nc(-c3ccc(OC)cc3OC)no2)c(O)c2ccccc21. The minimum atomic E-state index is -0.402. The van der Waals surface area contributed by atoms with Gasteiger partial charge in [-0.2, -0.15) is 4.98 Å². The lowest BCUT2D eigenvalue weighted by atomic mass is 10.1. The smallest absolute Gasteiger partial charge is 0.267 e. The number of pyridine rings is 1. The zero-order chi connectivity index (χ0) is 20.5. The normalized spacial score (nSPS) is 11.0. The van der Waals surface area contributed by atoms with Gasteiger partial charge in [0.25, 0.3) is 11.4 Å². The number of para-hydroxylation sites is 1. The summed E-state index contributed by atoms with van der Waals surface area (Å²) in [5.41, 5.74) is 0.773. The summed E-state index contributed by atoms with van der Waals surface area (Å²) >= 11 is 0. The summed E-state index contributed by atoms with van der Waals surface area (Å²) in [5.74, 6) is 1.09. The Labute approximate surface area is 165 Å². The van der Waals surface area contributed by atoms with E-state index in [2.05, 4.69) is 10.1 Å². The predicted molar refractivity (Wildman–Crippen MR) is 107 cm³/mol. The van der Waals surface area contributed by atoms with Crippen molar-refractivity contribution in [2.75, 3.05) is 14.2 Å². The molecule has 0 aliphatic heterocycles. The van der Waals surface area contributed by atoms with Gasteiger partial charge in [-0.3, -0.25) is 4.79 Å². The Morgan fingerprint density at radius 3 is 2.66 bits per heavy atom. The third kappa shape index (κ3) is 2.98. The zero-order valence-electron chi connectivity index (χ0n) is 16.2. The van der Waals surface area contributed by atoms with Gasteiger partial charge in [-0.15, -0.1) is 0 Å². The summed E-state index contributed by atoms with van der Waals surface area (Å²) in [7, 11) is 3.08. The molecule has 0 bridgehead atoms. The number of nitrogens with zero attached hydrogens (tertiary/aromatic N) is 3. The van der Waals surface area contributed by atoms with Crippen LogP contribution in [0.4, 0.5) is 0 Å². The number of aromatic hydroxyl groups is 1. The van der Waals surface area contributed by atoms with Crippen LogP contribution < -0.4 is 15.0 Å². The van der Waals surface area contributed by atoms with E-state index in [0.717, 1.165) is 0 Å². The van der Waals surface area contributed by atoms with E-state index in [-0.39, 0.29) is 23.0 Å². The molecule has 8 heteroatoms.